The molecule has 0 fully saturated rings. The zero-order valence-electron chi connectivity index (χ0n) is 14.3. The van der Waals surface area contributed by atoms with Crippen LogP contribution in [0.3, 0.4) is 0 Å². The van der Waals surface area contributed by atoms with Gasteiger partial charge in [0.1, 0.15) is 5.75 Å². The number of hydrogen-bond acceptors (Lipinski definition) is 4. The van der Waals surface area contributed by atoms with Gasteiger partial charge in [-0.05, 0) is 61.7 Å². The normalized spacial score (nSPS) is 11.8. The minimum atomic E-state index is -4.81. The first-order valence-electron chi connectivity index (χ1n) is 7.90. The molecule has 0 saturated heterocycles. The molecule has 0 atom stereocenters. The van der Waals surface area contributed by atoms with E-state index in [2.05, 4.69) is 47.5 Å². The van der Waals surface area contributed by atoms with Gasteiger partial charge in [-0.2, -0.15) is 23.4 Å². The highest BCUT2D eigenvalue weighted by Crippen LogP contribution is 2.34. The number of benzene rings is 2. The van der Waals surface area contributed by atoms with Gasteiger partial charge in [0.05, 0.1) is 32.6 Å². The van der Waals surface area contributed by atoms with Crippen molar-refractivity contribution in [2.24, 2.45) is 5.10 Å². The van der Waals surface area contributed by atoms with Crippen LogP contribution in [0.1, 0.15) is 21.6 Å². The predicted molar refractivity (Wildman–Crippen MR) is 107 cm³/mol. The molecule has 3 aromatic rings. The molecule has 2 N–H and O–H groups in total. The highest BCUT2D eigenvalue weighted by atomic mass is 79.9. The second-order valence-corrected chi connectivity index (χ2v) is 7.39. The minimum Gasteiger partial charge on any atom is -0.506 e. The summed E-state index contributed by atoms with van der Waals surface area (Å²) in [6.07, 6.45) is -2.74. The number of aromatic hydroxyl groups is 1. The van der Waals surface area contributed by atoms with Gasteiger partial charge in [0, 0.05) is 0 Å². The highest BCUT2D eigenvalue weighted by Gasteiger charge is 2.40. The number of hydrogen-bond donors (Lipinski definition) is 2. The fourth-order valence-corrected chi connectivity index (χ4v) is 3.66. The van der Waals surface area contributed by atoms with E-state index in [1.807, 2.05) is 0 Å². The Morgan fingerprint density at radius 1 is 1.17 bits per heavy atom. The van der Waals surface area contributed by atoms with Gasteiger partial charge in [-0.25, -0.2) is 10.1 Å². The highest BCUT2D eigenvalue weighted by molar-refractivity contribution is 9.11. The molecule has 1 aromatic heterocycles. The average molecular weight is 532 g/mol. The number of amides is 1. The van der Waals surface area contributed by atoms with Crippen LogP contribution in [0, 0.1) is 0 Å². The first-order valence-corrected chi connectivity index (χ1v) is 9.49. The Kier molecular flexibility index (Phi) is 6.08. The summed E-state index contributed by atoms with van der Waals surface area (Å²) >= 11 is 6.29. The van der Waals surface area contributed by atoms with Crippen LogP contribution in [0.15, 0.2) is 62.7 Å². The molecule has 0 spiro atoms. The zero-order valence-corrected chi connectivity index (χ0v) is 17.5. The monoisotopic (exact) mass is 530 g/mol. The van der Waals surface area contributed by atoms with Crippen LogP contribution < -0.4 is 5.43 Å². The van der Waals surface area contributed by atoms with Gasteiger partial charge < -0.3 is 5.11 Å². The number of para-hydroxylation sites is 1. The molecule has 0 bridgehead atoms. The van der Waals surface area contributed by atoms with E-state index in [1.54, 1.807) is 18.2 Å². The SMILES string of the molecule is O=C(N/N=C/c1cc(Br)c(O)c(Br)c1)c1cnn(-c2ccccc2)c1C(F)(F)F. The molecule has 0 unspecified atom stereocenters. The minimum absolute atomic E-state index is 0.0191. The lowest BCUT2D eigenvalue weighted by molar-refractivity contribution is -0.143. The molecule has 0 aliphatic heterocycles. The third kappa shape index (κ3) is 4.67. The largest absolute Gasteiger partial charge is 0.506 e. The smallest absolute Gasteiger partial charge is 0.434 e. The van der Waals surface area contributed by atoms with Gasteiger partial charge in [-0.15, -0.1) is 0 Å². The molecule has 3 rings (SSSR count). The maximum Gasteiger partial charge on any atom is 0.434 e. The van der Waals surface area contributed by atoms with E-state index in [9.17, 15) is 23.1 Å². The number of halogens is 5. The molecular weight excluding hydrogens is 521 g/mol. The molecule has 11 heteroatoms. The average Bonchev–Trinajstić information content (AvgIpc) is 3.12. The van der Waals surface area contributed by atoms with Crippen LogP contribution in [0.5, 0.6) is 5.75 Å². The van der Waals surface area contributed by atoms with Crippen LogP contribution in [0.4, 0.5) is 13.2 Å². The lowest BCUT2D eigenvalue weighted by Crippen LogP contribution is -2.23. The summed E-state index contributed by atoms with van der Waals surface area (Å²) in [7, 11) is 0. The van der Waals surface area contributed by atoms with Crippen molar-refractivity contribution in [3.05, 3.63) is 74.4 Å². The zero-order chi connectivity index (χ0) is 21.2. The van der Waals surface area contributed by atoms with E-state index in [0.717, 1.165) is 6.20 Å². The first-order chi connectivity index (χ1) is 13.7. The van der Waals surface area contributed by atoms with Crippen LogP contribution in [0.2, 0.25) is 0 Å². The molecule has 150 valence electrons. The molecule has 2 aromatic carbocycles. The molecule has 6 nitrogen and oxygen atoms in total. The lowest BCUT2D eigenvalue weighted by atomic mass is 10.2. The summed E-state index contributed by atoms with van der Waals surface area (Å²) in [5.74, 6) is -1.08. The Balaban J connectivity index is 1.87. The standard InChI is InChI=1S/C18H11Br2F3N4O2/c19-13-6-10(7-14(20)15(13)28)8-24-26-17(29)12-9-25-27(16(12)18(21,22)23)11-4-2-1-3-5-11/h1-9,28H,(H,26,29)/b24-8+. The molecule has 1 heterocycles. The summed E-state index contributed by atoms with van der Waals surface area (Å²) in [6, 6.07) is 10.7. The summed E-state index contributed by atoms with van der Waals surface area (Å²) < 4.78 is 42.2. The Bertz CT molecular complexity index is 1060. The van der Waals surface area contributed by atoms with Gasteiger partial charge in [0.25, 0.3) is 5.91 Å². The van der Waals surface area contributed by atoms with Crippen molar-refractivity contribution >= 4 is 44.0 Å². The number of carbonyl (C=O) groups excluding carboxylic acids is 1. The third-order valence-electron chi connectivity index (χ3n) is 3.70. The number of nitrogens with zero attached hydrogens (tertiary/aromatic N) is 3. The van der Waals surface area contributed by atoms with Crippen LogP contribution in [-0.4, -0.2) is 27.0 Å². The molecule has 0 radical (unpaired) electrons. The Labute approximate surface area is 179 Å². The quantitative estimate of drug-likeness (QED) is 0.372. The molecular formula is C18H11Br2F3N4O2. The Hall–Kier alpha value is -2.66. The van der Waals surface area contributed by atoms with Crippen LogP contribution in [-0.2, 0) is 6.18 Å². The van der Waals surface area contributed by atoms with Crippen molar-refractivity contribution in [2.75, 3.05) is 0 Å². The number of rotatable bonds is 4. The Morgan fingerprint density at radius 2 is 1.79 bits per heavy atom. The maximum atomic E-state index is 13.6. The van der Waals surface area contributed by atoms with Crippen molar-refractivity contribution in [3.8, 4) is 11.4 Å². The van der Waals surface area contributed by atoms with E-state index in [-0.39, 0.29) is 11.4 Å². The first kappa shape index (κ1) is 21.1. The number of alkyl halides is 3. The number of aromatic nitrogens is 2. The van der Waals surface area contributed by atoms with Gasteiger partial charge >= 0.3 is 6.18 Å². The third-order valence-corrected chi connectivity index (χ3v) is 4.91. The molecule has 0 aliphatic rings. The van der Waals surface area contributed by atoms with Gasteiger partial charge in [0.15, 0.2) is 5.69 Å². The summed E-state index contributed by atoms with van der Waals surface area (Å²) in [6.45, 7) is 0. The second-order valence-electron chi connectivity index (χ2n) is 5.68. The van der Waals surface area contributed by atoms with E-state index >= 15 is 0 Å². The second kappa shape index (κ2) is 8.37. The number of carbonyl (C=O) groups is 1. The van der Waals surface area contributed by atoms with E-state index in [4.69, 9.17) is 0 Å². The molecule has 0 aliphatic carbocycles. The summed E-state index contributed by atoms with van der Waals surface area (Å²) in [5, 5.41) is 17.1. The summed E-state index contributed by atoms with van der Waals surface area (Å²) in [5.41, 5.74) is 0.851. The van der Waals surface area contributed by atoms with Crippen molar-refractivity contribution in [2.45, 2.75) is 6.18 Å². The van der Waals surface area contributed by atoms with Gasteiger partial charge in [-0.1, -0.05) is 18.2 Å². The molecule has 1 amide bonds. The number of nitrogens with one attached hydrogen (secondary N) is 1. The predicted octanol–water partition coefficient (Wildman–Crippen LogP) is 4.89. The number of phenolic OH excluding ortho intramolecular Hbond substituents is 1. The Morgan fingerprint density at radius 3 is 2.38 bits per heavy atom. The van der Waals surface area contributed by atoms with Crippen molar-refractivity contribution < 1.29 is 23.1 Å². The molecule has 29 heavy (non-hydrogen) atoms. The van der Waals surface area contributed by atoms with E-state index in [0.29, 0.717) is 19.2 Å². The van der Waals surface area contributed by atoms with Crippen molar-refractivity contribution in [3.63, 3.8) is 0 Å². The fourth-order valence-electron chi connectivity index (χ4n) is 2.44. The van der Waals surface area contributed by atoms with Crippen LogP contribution in [0.25, 0.3) is 5.69 Å². The van der Waals surface area contributed by atoms with E-state index < -0.39 is 23.3 Å². The summed E-state index contributed by atoms with van der Waals surface area (Å²) in [4.78, 5) is 12.3. The lowest BCUT2D eigenvalue weighted by Gasteiger charge is -2.12. The van der Waals surface area contributed by atoms with Crippen LogP contribution >= 0.6 is 31.9 Å². The van der Waals surface area contributed by atoms with E-state index in [1.165, 1.54) is 30.5 Å². The molecule has 0 saturated carbocycles. The van der Waals surface area contributed by atoms with Crippen molar-refractivity contribution in [1.29, 1.82) is 0 Å². The van der Waals surface area contributed by atoms with Gasteiger partial charge in [-0.3, -0.25) is 4.79 Å². The maximum absolute atomic E-state index is 13.6. The fraction of sp³-hybridized carbons (Fsp3) is 0.0556. The van der Waals surface area contributed by atoms with Crippen molar-refractivity contribution in [1.82, 2.24) is 15.2 Å². The number of phenols is 1. The van der Waals surface area contributed by atoms with Gasteiger partial charge in [0.2, 0.25) is 0 Å². The number of hydrazone groups is 1. The topological polar surface area (TPSA) is 79.5 Å².